The molecule has 0 aliphatic carbocycles. The standard InChI is InChI=1S/C23H22FN3O4/c1-3-31-23(30)14-6-9-16(10-7-14)25-22(29)21-20(27-12-4-5-19(27)28)17-13-15(24)8-11-18(17)26(21)2/h6-11,13H,3-5,12H2,1-2H3,(H,25,29). The van der Waals surface area contributed by atoms with Crippen LogP contribution in [0, 0.1) is 5.82 Å². The van der Waals surface area contributed by atoms with Crippen molar-refractivity contribution in [3.63, 3.8) is 0 Å². The summed E-state index contributed by atoms with van der Waals surface area (Å²) >= 11 is 0. The summed E-state index contributed by atoms with van der Waals surface area (Å²) in [7, 11) is 1.71. The molecule has 2 aromatic carbocycles. The molecule has 2 heterocycles. The second kappa shape index (κ2) is 8.22. The summed E-state index contributed by atoms with van der Waals surface area (Å²) in [5.74, 6) is -1.40. The minimum Gasteiger partial charge on any atom is -0.462 e. The molecule has 1 fully saturated rings. The highest BCUT2D eigenvalue weighted by atomic mass is 19.1. The van der Waals surface area contributed by atoms with E-state index in [4.69, 9.17) is 4.74 Å². The number of aryl methyl sites for hydroxylation is 1. The van der Waals surface area contributed by atoms with Crippen LogP contribution >= 0.6 is 0 Å². The van der Waals surface area contributed by atoms with Crippen molar-refractivity contribution in [1.82, 2.24) is 4.57 Å². The maximum absolute atomic E-state index is 14.0. The largest absolute Gasteiger partial charge is 0.462 e. The third-order valence-electron chi connectivity index (χ3n) is 5.35. The van der Waals surface area contributed by atoms with Gasteiger partial charge in [0.25, 0.3) is 5.91 Å². The topological polar surface area (TPSA) is 80.6 Å². The van der Waals surface area contributed by atoms with Crippen molar-refractivity contribution >= 4 is 40.1 Å². The summed E-state index contributed by atoms with van der Waals surface area (Å²) in [6.07, 6.45) is 1.07. The molecular weight excluding hydrogens is 401 g/mol. The number of rotatable bonds is 5. The quantitative estimate of drug-likeness (QED) is 0.632. The molecular formula is C23H22FN3O4. The van der Waals surface area contributed by atoms with Crippen LogP contribution in [0.3, 0.4) is 0 Å². The van der Waals surface area contributed by atoms with E-state index in [0.717, 1.165) is 0 Å². The van der Waals surface area contributed by atoms with Crippen LogP contribution in [0.4, 0.5) is 15.8 Å². The van der Waals surface area contributed by atoms with Crippen LogP contribution in [0.5, 0.6) is 0 Å². The molecule has 0 bridgehead atoms. The minimum atomic E-state index is -0.439. The van der Waals surface area contributed by atoms with Gasteiger partial charge in [-0.3, -0.25) is 9.59 Å². The van der Waals surface area contributed by atoms with E-state index in [0.29, 0.717) is 47.2 Å². The average Bonchev–Trinajstić information content (AvgIpc) is 3.28. The van der Waals surface area contributed by atoms with Crippen LogP contribution in [0.2, 0.25) is 0 Å². The summed E-state index contributed by atoms with van der Waals surface area (Å²) in [6, 6.07) is 10.6. The van der Waals surface area contributed by atoms with Gasteiger partial charge in [-0.1, -0.05) is 0 Å². The van der Waals surface area contributed by atoms with Crippen molar-refractivity contribution in [2.24, 2.45) is 7.05 Å². The van der Waals surface area contributed by atoms with Crippen LogP contribution in [0.1, 0.15) is 40.6 Å². The molecule has 160 valence electrons. The van der Waals surface area contributed by atoms with E-state index >= 15 is 0 Å². The Balaban J connectivity index is 1.71. The number of carbonyl (C=O) groups excluding carboxylic acids is 3. The number of benzene rings is 2. The van der Waals surface area contributed by atoms with Gasteiger partial charge >= 0.3 is 5.97 Å². The summed E-state index contributed by atoms with van der Waals surface area (Å²) in [5.41, 5.74) is 2.20. The van der Waals surface area contributed by atoms with E-state index in [1.807, 2.05) is 0 Å². The smallest absolute Gasteiger partial charge is 0.338 e. The highest BCUT2D eigenvalue weighted by Crippen LogP contribution is 2.36. The number of hydrogen-bond acceptors (Lipinski definition) is 4. The van der Waals surface area contributed by atoms with Crippen molar-refractivity contribution in [2.45, 2.75) is 19.8 Å². The van der Waals surface area contributed by atoms with Crippen LogP contribution in [0.15, 0.2) is 42.5 Å². The molecule has 0 saturated carbocycles. The van der Waals surface area contributed by atoms with Gasteiger partial charge in [0.05, 0.1) is 23.4 Å². The van der Waals surface area contributed by atoms with Crippen molar-refractivity contribution in [3.05, 3.63) is 59.5 Å². The van der Waals surface area contributed by atoms with E-state index in [-0.39, 0.29) is 18.2 Å². The zero-order valence-corrected chi connectivity index (χ0v) is 17.3. The number of aromatic nitrogens is 1. The zero-order valence-electron chi connectivity index (χ0n) is 17.3. The molecule has 7 nitrogen and oxygen atoms in total. The van der Waals surface area contributed by atoms with Crippen LogP contribution in [-0.2, 0) is 16.6 Å². The number of hydrogen-bond donors (Lipinski definition) is 1. The molecule has 8 heteroatoms. The molecule has 0 atom stereocenters. The molecule has 1 aliphatic rings. The number of anilines is 2. The van der Waals surface area contributed by atoms with Crippen LogP contribution in [0.25, 0.3) is 10.9 Å². The molecule has 0 radical (unpaired) electrons. The molecule has 1 aliphatic heterocycles. The summed E-state index contributed by atoms with van der Waals surface area (Å²) in [6.45, 7) is 2.48. The van der Waals surface area contributed by atoms with Crippen molar-refractivity contribution in [2.75, 3.05) is 23.4 Å². The van der Waals surface area contributed by atoms with Gasteiger partial charge in [0.1, 0.15) is 11.5 Å². The molecule has 31 heavy (non-hydrogen) atoms. The number of nitrogens with zero attached hydrogens (tertiary/aromatic N) is 2. The summed E-state index contributed by atoms with van der Waals surface area (Å²) in [5, 5.41) is 3.32. The van der Waals surface area contributed by atoms with Gasteiger partial charge in [-0.15, -0.1) is 0 Å². The first-order valence-electron chi connectivity index (χ1n) is 10.1. The zero-order chi connectivity index (χ0) is 22.1. The number of carbonyl (C=O) groups is 3. The molecule has 3 aromatic rings. The van der Waals surface area contributed by atoms with Crippen LogP contribution < -0.4 is 10.2 Å². The number of amides is 2. The van der Waals surface area contributed by atoms with E-state index < -0.39 is 17.7 Å². The lowest BCUT2D eigenvalue weighted by molar-refractivity contribution is -0.117. The Morgan fingerprint density at radius 2 is 1.90 bits per heavy atom. The normalized spacial score (nSPS) is 13.6. The maximum atomic E-state index is 14.0. The monoisotopic (exact) mass is 423 g/mol. The fraction of sp³-hybridized carbons (Fsp3) is 0.261. The number of ether oxygens (including phenoxy) is 1. The SMILES string of the molecule is CCOC(=O)c1ccc(NC(=O)c2c(N3CCCC3=O)c3cc(F)ccc3n2C)cc1. The highest BCUT2D eigenvalue weighted by molar-refractivity contribution is 6.17. The van der Waals surface area contributed by atoms with Gasteiger partial charge in [0.2, 0.25) is 5.91 Å². The molecule has 1 aromatic heterocycles. The summed E-state index contributed by atoms with van der Waals surface area (Å²) < 4.78 is 20.6. The first-order chi connectivity index (χ1) is 14.9. The van der Waals surface area contributed by atoms with Gasteiger partial charge in [-0.2, -0.15) is 0 Å². The van der Waals surface area contributed by atoms with Gasteiger partial charge in [-0.25, -0.2) is 9.18 Å². The van der Waals surface area contributed by atoms with Crippen molar-refractivity contribution in [1.29, 1.82) is 0 Å². The first-order valence-corrected chi connectivity index (χ1v) is 10.1. The average molecular weight is 423 g/mol. The lowest BCUT2D eigenvalue weighted by atomic mass is 10.2. The molecule has 2 amide bonds. The number of halogens is 1. The van der Waals surface area contributed by atoms with E-state index in [9.17, 15) is 18.8 Å². The van der Waals surface area contributed by atoms with E-state index in [1.54, 1.807) is 53.8 Å². The predicted molar refractivity (Wildman–Crippen MR) is 115 cm³/mol. The number of nitrogens with one attached hydrogen (secondary N) is 1. The second-order valence-electron chi connectivity index (χ2n) is 7.32. The van der Waals surface area contributed by atoms with E-state index in [2.05, 4.69) is 5.32 Å². The van der Waals surface area contributed by atoms with Gasteiger partial charge in [0, 0.05) is 31.1 Å². The molecule has 0 unspecified atom stereocenters. The fourth-order valence-electron chi connectivity index (χ4n) is 3.91. The Bertz CT molecular complexity index is 1180. The van der Waals surface area contributed by atoms with Gasteiger partial charge in [0.15, 0.2) is 0 Å². The first kappa shape index (κ1) is 20.6. The molecule has 4 rings (SSSR count). The Kier molecular flexibility index (Phi) is 5.46. The third-order valence-corrected chi connectivity index (χ3v) is 5.35. The minimum absolute atomic E-state index is 0.0930. The van der Waals surface area contributed by atoms with Crippen LogP contribution in [-0.4, -0.2) is 35.5 Å². The fourth-order valence-corrected chi connectivity index (χ4v) is 3.91. The highest BCUT2D eigenvalue weighted by Gasteiger charge is 2.31. The number of esters is 1. The van der Waals surface area contributed by atoms with E-state index in [1.165, 1.54) is 12.1 Å². The lowest BCUT2D eigenvalue weighted by Crippen LogP contribution is -2.27. The number of fused-ring (bicyclic) bond motifs is 1. The van der Waals surface area contributed by atoms with Crippen molar-refractivity contribution in [3.8, 4) is 0 Å². The molecule has 1 saturated heterocycles. The Morgan fingerprint density at radius 3 is 2.55 bits per heavy atom. The Morgan fingerprint density at radius 1 is 1.16 bits per heavy atom. The van der Waals surface area contributed by atoms with Gasteiger partial charge < -0.3 is 19.5 Å². The summed E-state index contributed by atoms with van der Waals surface area (Å²) in [4.78, 5) is 39.1. The van der Waals surface area contributed by atoms with Crippen molar-refractivity contribution < 1.29 is 23.5 Å². The third kappa shape index (κ3) is 3.76. The maximum Gasteiger partial charge on any atom is 0.338 e. The molecule has 0 spiro atoms. The molecule has 1 N–H and O–H groups in total. The Hall–Kier alpha value is -3.68. The Labute approximate surface area is 178 Å². The second-order valence-corrected chi connectivity index (χ2v) is 7.32. The lowest BCUT2D eigenvalue weighted by Gasteiger charge is -2.18. The predicted octanol–water partition coefficient (Wildman–Crippen LogP) is 3.87. The van der Waals surface area contributed by atoms with Gasteiger partial charge in [-0.05, 0) is 55.8 Å².